The zero-order valence-corrected chi connectivity index (χ0v) is 18.6. The number of halogens is 1. The highest BCUT2D eigenvalue weighted by Gasteiger charge is 2.25. The Morgan fingerprint density at radius 3 is 2.45 bits per heavy atom. The number of amides is 1. The van der Waals surface area contributed by atoms with Crippen molar-refractivity contribution in [3.05, 3.63) is 70.5 Å². The van der Waals surface area contributed by atoms with Crippen LogP contribution in [0.25, 0.3) is 17.2 Å². The Balaban J connectivity index is 1.91. The van der Waals surface area contributed by atoms with Gasteiger partial charge in [-0.25, -0.2) is 4.39 Å². The van der Waals surface area contributed by atoms with Crippen molar-refractivity contribution in [1.82, 2.24) is 5.32 Å². The highest BCUT2D eigenvalue weighted by molar-refractivity contribution is 7.85. The van der Waals surface area contributed by atoms with Crippen molar-refractivity contribution in [2.45, 2.75) is 18.2 Å². The highest BCUT2D eigenvalue weighted by Crippen LogP contribution is 2.43. The summed E-state index contributed by atoms with van der Waals surface area (Å²) >= 11 is 0. The topological polar surface area (TPSA) is 101 Å². The van der Waals surface area contributed by atoms with Crippen LogP contribution in [0.3, 0.4) is 0 Å². The highest BCUT2D eigenvalue weighted by atomic mass is 32.2. The second kappa shape index (κ2) is 9.25. The molecule has 0 fully saturated rings. The van der Waals surface area contributed by atoms with Crippen molar-refractivity contribution in [3.63, 3.8) is 0 Å². The van der Waals surface area contributed by atoms with E-state index in [-0.39, 0.29) is 13.0 Å². The van der Waals surface area contributed by atoms with Gasteiger partial charge in [0.15, 0.2) is 0 Å². The predicted octanol–water partition coefficient (Wildman–Crippen LogP) is 3.28. The fraction of sp³-hybridized carbons (Fsp3) is 0.227. The Labute approximate surface area is 183 Å². The normalized spacial score (nSPS) is 15.8. The quantitative estimate of drug-likeness (QED) is 0.614. The number of nitrogens with one attached hydrogen (secondary N) is 1. The van der Waals surface area contributed by atoms with E-state index < -0.39 is 38.4 Å². The molecule has 1 unspecified atom stereocenters. The van der Waals surface area contributed by atoms with Crippen molar-refractivity contribution in [2.75, 3.05) is 18.6 Å². The van der Waals surface area contributed by atoms with E-state index in [9.17, 15) is 21.8 Å². The fourth-order valence-corrected chi connectivity index (χ4v) is 4.33. The first kappa shape index (κ1) is 23.1. The Morgan fingerprint density at radius 2 is 1.84 bits per heavy atom. The number of rotatable bonds is 7. The van der Waals surface area contributed by atoms with E-state index in [4.69, 9.17) is 4.55 Å². The molecule has 1 aliphatic carbocycles. The monoisotopic (exact) mass is 463 g/mol. The second-order valence-corrected chi connectivity index (χ2v) is 10.1. The number of carbonyl (C=O) groups excluding carboxylic acids is 1. The molecule has 31 heavy (non-hydrogen) atoms. The molecular formula is C22H22FNO5S2. The molecule has 0 radical (unpaired) electrons. The smallest absolute Gasteiger partial charge is 0.266 e. The third kappa shape index (κ3) is 5.75. The summed E-state index contributed by atoms with van der Waals surface area (Å²) in [6.07, 6.45) is 3.48. The van der Waals surface area contributed by atoms with Gasteiger partial charge >= 0.3 is 0 Å². The summed E-state index contributed by atoms with van der Waals surface area (Å²) in [5, 5.41) is 2.46. The van der Waals surface area contributed by atoms with E-state index in [0.717, 1.165) is 22.3 Å². The lowest BCUT2D eigenvalue weighted by atomic mass is 10.0. The van der Waals surface area contributed by atoms with Crippen LogP contribution in [0.15, 0.2) is 52.9 Å². The lowest BCUT2D eigenvalue weighted by Gasteiger charge is -2.07. The molecule has 0 aliphatic heterocycles. The van der Waals surface area contributed by atoms with E-state index in [1.807, 2.05) is 25.1 Å². The van der Waals surface area contributed by atoms with Crippen molar-refractivity contribution in [3.8, 4) is 0 Å². The van der Waals surface area contributed by atoms with Crippen LogP contribution in [0.1, 0.15) is 30.0 Å². The average molecular weight is 464 g/mol. The largest absolute Gasteiger partial charge is 0.355 e. The molecule has 0 aromatic heterocycles. The van der Waals surface area contributed by atoms with Crippen molar-refractivity contribution < 1.29 is 26.4 Å². The van der Waals surface area contributed by atoms with Gasteiger partial charge in [0, 0.05) is 28.5 Å². The maximum Gasteiger partial charge on any atom is 0.266 e. The van der Waals surface area contributed by atoms with Crippen molar-refractivity contribution in [1.29, 1.82) is 0 Å². The molecule has 2 aromatic rings. The van der Waals surface area contributed by atoms with Gasteiger partial charge in [-0.3, -0.25) is 13.6 Å². The molecule has 0 bridgehead atoms. The van der Waals surface area contributed by atoms with E-state index >= 15 is 0 Å². The Kier molecular flexibility index (Phi) is 6.88. The molecular weight excluding hydrogens is 441 g/mol. The maximum atomic E-state index is 13.9. The van der Waals surface area contributed by atoms with Crippen LogP contribution in [0.5, 0.6) is 0 Å². The minimum absolute atomic E-state index is 0.0567. The Morgan fingerprint density at radius 1 is 1.16 bits per heavy atom. The third-order valence-electron chi connectivity index (χ3n) is 5.00. The van der Waals surface area contributed by atoms with Gasteiger partial charge in [-0.15, -0.1) is 0 Å². The molecule has 2 N–H and O–H groups in total. The maximum absolute atomic E-state index is 13.9. The number of hydrogen-bond donors (Lipinski definition) is 2. The zero-order chi connectivity index (χ0) is 22.8. The number of fused-ring (bicyclic) bond motifs is 1. The van der Waals surface area contributed by atoms with Crippen LogP contribution in [0.2, 0.25) is 0 Å². The summed E-state index contributed by atoms with van der Waals surface area (Å²) < 4.78 is 55.9. The summed E-state index contributed by atoms with van der Waals surface area (Å²) in [5.74, 6) is -1.43. The fourth-order valence-electron chi connectivity index (χ4n) is 3.45. The molecule has 3 rings (SSSR count). The van der Waals surface area contributed by atoms with Gasteiger partial charge in [0.1, 0.15) is 5.82 Å². The molecule has 9 heteroatoms. The number of allylic oxidation sites excluding steroid dienone is 2. The van der Waals surface area contributed by atoms with Crippen LogP contribution >= 0.6 is 0 Å². The zero-order valence-electron chi connectivity index (χ0n) is 17.0. The van der Waals surface area contributed by atoms with Gasteiger partial charge in [0.05, 0.1) is 12.2 Å². The first-order valence-corrected chi connectivity index (χ1v) is 12.6. The molecule has 2 aromatic carbocycles. The van der Waals surface area contributed by atoms with Crippen LogP contribution in [0, 0.1) is 5.82 Å². The molecule has 1 aliphatic rings. The number of carbonyl (C=O) groups is 1. The van der Waals surface area contributed by atoms with Crippen LogP contribution in [-0.4, -0.2) is 41.6 Å². The standard InChI is InChI=1S/C22H22FNO5S2/c1-14-19(11-15-3-6-17(7-4-15)30(2)26)18-8-5-16(23)12-21(18)20(14)13-22(25)24-9-10-31(27,28)29/h3-8,11-12H,9-10,13H2,1-2H3,(H,24,25)(H,27,28,29). The average Bonchev–Trinajstić information content (AvgIpc) is 2.92. The summed E-state index contributed by atoms with van der Waals surface area (Å²) in [6.45, 7) is 1.63. The first-order valence-electron chi connectivity index (χ1n) is 9.42. The van der Waals surface area contributed by atoms with Gasteiger partial charge < -0.3 is 5.32 Å². The molecule has 1 atom stereocenters. The predicted molar refractivity (Wildman–Crippen MR) is 120 cm³/mol. The summed E-state index contributed by atoms with van der Waals surface area (Å²) in [6, 6.07) is 11.7. The van der Waals surface area contributed by atoms with Gasteiger partial charge in [-0.2, -0.15) is 8.42 Å². The third-order valence-corrected chi connectivity index (χ3v) is 6.65. The summed E-state index contributed by atoms with van der Waals surface area (Å²) in [5.41, 5.74) is 4.59. The Hall–Kier alpha value is -2.62. The second-order valence-electron chi connectivity index (χ2n) is 7.19. The molecule has 0 saturated heterocycles. The van der Waals surface area contributed by atoms with Crippen LogP contribution in [0.4, 0.5) is 4.39 Å². The van der Waals surface area contributed by atoms with Gasteiger partial charge in [0.25, 0.3) is 10.1 Å². The van der Waals surface area contributed by atoms with Crippen molar-refractivity contribution >= 4 is 44.0 Å². The molecule has 6 nitrogen and oxygen atoms in total. The van der Waals surface area contributed by atoms with E-state index in [2.05, 4.69) is 5.32 Å². The van der Waals surface area contributed by atoms with Crippen LogP contribution < -0.4 is 5.32 Å². The SMILES string of the molecule is CC1=C(CC(=O)NCCS(=O)(=O)O)c2cc(F)ccc2C1=Cc1ccc(S(C)=O)cc1. The van der Waals surface area contributed by atoms with Gasteiger partial charge in [-0.05, 0) is 70.7 Å². The van der Waals surface area contributed by atoms with E-state index in [1.54, 1.807) is 24.5 Å². The van der Waals surface area contributed by atoms with Gasteiger partial charge in [0.2, 0.25) is 5.91 Å². The van der Waals surface area contributed by atoms with Gasteiger partial charge in [-0.1, -0.05) is 18.2 Å². The minimum atomic E-state index is -4.17. The van der Waals surface area contributed by atoms with E-state index in [0.29, 0.717) is 16.0 Å². The number of hydrogen-bond acceptors (Lipinski definition) is 4. The summed E-state index contributed by atoms with van der Waals surface area (Å²) in [7, 11) is -5.25. The summed E-state index contributed by atoms with van der Waals surface area (Å²) in [4.78, 5) is 13.0. The molecule has 164 valence electrons. The molecule has 1 amide bonds. The lowest BCUT2D eigenvalue weighted by Crippen LogP contribution is -2.28. The minimum Gasteiger partial charge on any atom is -0.355 e. The van der Waals surface area contributed by atoms with E-state index in [1.165, 1.54) is 12.1 Å². The first-order chi connectivity index (χ1) is 14.5. The molecule has 0 spiro atoms. The molecule has 0 saturated carbocycles. The molecule has 0 heterocycles. The van der Waals surface area contributed by atoms with Crippen molar-refractivity contribution in [2.24, 2.45) is 0 Å². The Bertz CT molecular complexity index is 1210. The lowest BCUT2D eigenvalue weighted by molar-refractivity contribution is -0.119. The van der Waals surface area contributed by atoms with Crippen LogP contribution in [-0.2, 0) is 25.7 Å². The number of benzene rings is 2.